The molecule has 0 amide bonds. The normalized spacial score (nSPS) is 10.8. The number of ether oxygens (including phenoxy) is 1. The molecule has 0 bridgehead atoms. The Morgan fingerprint density at radius 3 is 2.28 bits per heavy atom. The maximum atomic E-state index is 14.4. The second kappa shape index (κ2) is 6.51. The zero-order valence-electron chi connectivity index (χ0n) is 14.1. The van der Waals surface area contributed by atoms with E-state index in [9.17, 15) is 13.6 Å². The number of aryl methyl sites for hydroxylation is 1. The van der Waals surface area contributed by atoms with E-state index in [0.29, 0.717) is 22.6 Å². The molecule has 0 fully saturated rings. The van der Waals surface area contributed by atoms with E-state index in [-0.39, 0.29) is 16.9 Å². The minimum Gasteiger partial charge on any atom is -0.497 e. The van der Waals surface area contributed by atoms with Gasteiger partial charge in [0.2, 0.25) is 5.78 Å². The van der Waals surface area contributed by atoms with E-state index in [4.69, 9.17) is 4.74 Å². The zero-order valence-corrected chi connectivity index (χ0v) is 14.1. The Kier molecular flexibility index (Phi) is 4.40. The molecule has 0 atom stereocenters. The van der Waals surface area contributed by atoms with Gasteiger partial charge in [0.1, 0.15) is 17.4 Å². The smallest absolute Gasteiger partial charge is 0.210 e. The maximum Gasteiger partial charge on any atom is 0.210 e. The summed E-state index contributed by atoms with van der Waals surface area (Å²) in [6.07, 6.45) is 1.66. The number of aromatic nitrogens is 1. The third kappa shape index (κ3) is 2.93. The van der Waals surface area contributed by atoms with Gasteiger partial charge in [-0.15, -0.1) is 0 Å². The summed E-state index contributed by atoms with van der Waals surface area (Å²) in [4.78, 5) is 13.0. The molecule has 3 rings (SSSR count). The summed E-state index contributed by atoms with van der Waals surface area (Å²) in [6.45, 7) is 1.50. The highest BCUT2D eigenvalue weighted by Crippen LogP contribution is 2.33. The lowest BCUT2D eigenvalue weighted by Gasteiger charge is -2.11. The number of carbonyl (C=O) groups excluding carboxylic acids is 1. The first-order valence-corrected chi connectivity index (χ1v) is 7.73. The van der Waals surface area contributed by atoms with Crippen LogP contribution in [0.15, 0.2) is 48.7 Å². The van der Waals surface area contributed by atoms with E-state index in [1.54, 1.807) is 55.3 Å². The second-order valence-electron chi connectivity index (χ2n) is 5.78. The van der Waals surface area contributed by atoms with Gasteiger partial charge >= 0.3 is 0 Å². The van der Waals surface area contributed by atoms with Crippen LogP contribution in [-0.4, -0.2) is 17.5 Å². The molecule has 3 aromatic rings. The van der Waals surface area contributed by atoms with Crippen LogP contribution in [-0.2, 0) is 7.05 Å². The highest BCUT2D eigenvalue weighted by Gasteiger charge is 2.22. The number of methoxy groups -OCH3 is 1. The third-order valence-electron chi connectivity index (χ3n) is 4.26. The van der Waals surface area contributed by atoms with Crippen molar-refractivity contribution in [3.8, 4) is 16.9 Å². The first-order valence-electron chi connectivity index (χ1n) is 7.73. The average Bonchev–Trinajstić information content (AvgIpc) is 2.99. The molecule has 1 aromatic heterocycles. The van der Waals surface area contributed by atoms with Crippen LogP contribution in [0.25, 0.3) is 11.1 Å². The van der Waals surface area contributed by atoms with E-state index >= 15 is 0 Å². The molecule has 0 radical (unpaired) electrons. The van der Waals surface area contributed by atoms with Gasteiger partial charge in [-0.05, 0) is 55.0 Å². The lowest BCUT2D eigenvalue weighted by atomic mass is 9.96. The molecule has 0 saturated carbocycles. The summed E-state index contributed by atoms with van der Waals surface area (Å²) in [6, 6.07) is 10.4. The Labute approximate surface area is 144 Å². The molecule has 3 nitrogen and oxygen atoms in total. The molecule has 0 saturated heterocycles. The van der Waals surface area contributed by atoms with Crippen molar-refractivity contribution >= 4 is 5.78 Å². The van der Waals surface area contributed by atoms with Gasteiger partial charge in [0, 0.05) is 29.9 Å². The molecule has 0 aliphatic carbocycles. The van der Waals surface area contributed by atoms with Gasteiger partial charge < -0.3 is 9.30 Å². The molecule has 0 aliphatic heterocycles. The van der Waals surface area contributed by atoms with Crippen molar-refractivity contribution in [3.63, 3.8) is 0 Å². The van der Waals surface area contributed by atoms with Crippen molar-refractivity contribution in [1.82, 2.24) is 4.57 Å². The summed E-state index contributed by atoms with van der Waals surface area (Å²) in [5, 5.41) is 0. The number of halogens is 2. The Hall–Kier alpha value is -2.95. The molecule has 0 N–H and O–H groups in total. The fraction of sp³-hybridized carbons (Fsp3) is 0.150. The number of carbonyl (C=O) groups is 1. The molecule has 25 heavy (non-hydrogen) atoms. The highest BCUT2D eigenvalue weighted by atomic mass is 19.1. The summed E-state index contributed by atoms with van der Waals surface area (Å²) < 4.78 is 35.0. The summed E-state index contributed by atoms with van der Waals surface area (Å²) in [5.74, 6) is -0.708. The van der Waals surface area contributed by atoms with Crippen molar-refractivity contribution in [3.05, 3.63) is 77.1 Å². The molecule has 0 aliphatic rings. The average molecular weight is 341 g/mol. The van der Waals surface area contributed by atoms with Crippen molar-refractivity contribution < 1.29 is 18.3 Å². The first-order chi connectivity index (χ1) is 11.9. The van der Waals surface area contributed by atoms with E-state index < -0.39 is 11.6 Å². The van der Waals surface area contributed by atoms with Gasteiger partial charge in [0.25, 0.3) is 0 Å². The standard InChI is InChI=1S/C20H17F2NO2/c1-12-16(21)8-9-17(22)18(12)15-10-11-23(2)19(15)20(24)13-4-6-14(25-3)7-5-13/h4-11H,1-3H3. The van der Waals surface area contributed by atoms with Crippen LogP contribution in [0.4, 0.5) is 8.78 Å². The number of hydrogen-bond donors (Lipinski definition) is 0. The van der Waals surface area contributed by atoms with E-state index in [1.807, 2.05) is 0 Å². The van der Waals surface area contributed by atoms with Crippen molar-refractivity contribution in [1.29, 1.82) is 0 Å². The van der Waals surface area contributed by atoms with Crippen LogP contribution in [0.2, 0.25) is 0 Å². The largest absolute Gasteiger partial charge is 0.497 e. The van der Waals surface area contributed by atoms with Crippen LogP contribution in [0, 0.1) is 18.6 Å². The number of benzene rings is 2. The highest BCUT2D eigenvalue weighted by molar-refractivity contribution is 6.12. The fourth-order valence-corrected chi connectivity index (χ4v) is 2.88. The van der Waals surface area contributed by atoms with Crippen LogP contribution < -0.4 is 4.74 Å². The maximum absolute atomic E-state index is 14.4. The molecule has 5 heteroatoms. The van der Waals surface area contributed by atoms with Gasteiger partial charge in [-0.3, -0.25) is 4.79 Å². The number of rotatable bonds is 4. The molecular weight excluding hydrogens is 324 g/mol. The van der Waals surface area contributed by atoms with Gasteiger partial charge in [-0.25, -0.2) is 8.78 Å². The topological polar surface area (TPSA) is 31.2 Å². The zero-order chi connectivity index (χ0) is 18.1. The van der Waals surface area contributed by atoms with Gasteiger partial charge in [-0.1, -0.05) is 0 Å². The lowest BCUT2D eigenvalue weighted by molar-refractivity contribution is 0.103. The first kappa shape index (κ1) is 16.9. The minimum absolute atomic E-state index is 0.109. The molecule has 1 heterocycles. The second-order valence-corrected chi connectivity index (χ2v) is 5.78. The van der Waals surface area contributed by atoms with E-state index in [1.165, 1.54) is 6.92 Å². The Bertz CT molecular complexity index is 943. The van der Waals surface area contributed by atoms with Crippen molar-refractivity contribution in [2.75, 3.05) is 7.11 Å². The van der Waals surface area contributed by atoms with Crippen LogP contribution >= 0.6 is 0 Å². The van der Waals surface area contributed by atoms with Crippen molar-refractivity contribution in [2.24, 2.45) is 7.05 Å². The fourth-order valence-electron chi connectivity index (χ4n) is 2.88. The van der Waals surface area contributed by atoms with Crippen LogP contribution in [0.3, 0.4) is 0 Å². The number of hydrogen-bond acceptors (Lipinski definition) is 2. The van der Waals surface area contributed by atoms with Crippen molar-refractivity contribution in [2.45, 2.75) is 6.92 Å². The van der Waals surface area contributed by atoms with Gasteiger partial charge in [-0.2, -0.15) is 0 Å². The monoisotopic (exact) mass is 341 g/mol. The van der Waals surface area contributed by atoms with Gasteiger partial charge in [0.05, 0.1) is 12.8 Å². The molecular formula is C20H17F2NO2. The van der Waals surface area contributed by atoms with Gasteiger partial charge in [0.15, 0.2) is 0 Å². The molecule has 0 unspecified atom stereocenters. The third-order valence-corrected chi connectivity index (χ3v) is 4.26. The molecule has 128 valence electrons. The Morgan fingerprint density at radius 2 is 1.64 bits per heavy atom. The van der Waals surface area contributed by atoms with E-state index in [0.717, 1.165) is 12.1 Å². The quantitative estimate of drug-likeness (QED) is 0.654. The summed E-state index contributed by atoms with van der Waals surface area (Å²) in [7, 11) is 3.24. The Morgan fingerprint density at radius 1 is 1.00 bits per heavy atom. The lowest BCUT2D eigenvalue weighted by Crippen LogP contribution is -2.09. The number of ketones is 1. The molecule has 0 spiro atoms. The Balaban J connectivity index is 2.14. The predicted molar refractivity (Wildman–Crippen MR) is 91.9 cm³/mol. The minimum atomic E-state index is -0.561. The number of nitrogens with zero attached hydrogens (tertiary/aromatic N) is 1. The van der Waals surface area contributed by atoms with Crippen LogP contribution in [0.5, 0.6) is 5.75 Å². The van der Waals surface area contributed by atoms with E-state index in [2.05, 4.69) is 0 Å². The summed E-state index contributed by atoms with van der Waals surface area (Å²) in [5.41, 5.74) is 1.40. The summed E-state index contributed by atoms with van der Waals surface area (Å²) >= 11 is 0. The van der Waals surface area contributed by atoms with Crippen LogP contribution in [0.1, 0.15) is 21.6 Å². The molecule has 2 aromatic carbocycles. The SMILES string of the molecule is COc1ccc(C(=O)c2c(-c3c(F)ccc(F)c3C)ccn2C)cc1. The predicted octanol–water partition coefficient (Wildman–Crippen LogP) is 4.52.